The van der Waals surface area contributed by atoms with Gasteiger partial charge in [0.25, 0.3) is 5.91 Å². The number of nitrogens with one attached hydrogen (secondary N) is 1. The number of hydrogen-bond acceptors (Lipinski definition) is 2. The van der Waals surface area contributed by atoms with Gasteiger partial charge in [0.05, 0.1) is 5.56 Å². The van der Waals surface area contributed by atoms with Crippen LogP contribution in [0.2, 0.25) is 0 Å². The Hall–Kier alpha value is -1.91. The summed E-state index contributed by atoms with van der Waals surface area (Å²) >= 11 is 0. The van der Waals surface area contributed by atoms with Crippen LogP contribution in [0.25, 0.3) is 0 Å². The monoisotopic (exact) mass is 292 g/mol. The normalized spacial score (nSPS) is 14.9. The highest BCUT2D eigenvalue weighted by atomic mass is 19.1. The molecule has 2 amide bonds. The van der Waals surface area contributed by atoms with Crippen molar-refractivity contribution in [3.05, 3.63) is 35.1 Å². The van der Waals surface area contributed by atoms with Gasteiger partial charge in [0, 0.05) is 26.1 Å². The molecule has 1 aliphatic rings. The van der Waals surface area contributed by atoms with Crippen molar-refractivity contribution in [1.29, 1.82) is 0 Å². The van der Waals surface area contributed by atoms with Crippen molar-refractivity contribution in [1.82, 2.24) is 10.2 Å². The summed E-state index contributed by atoms with van der Waals surface area (Å²) in [5, 5.41) is 2.61. The SMILES string of the molecule is Cc1ccc(F)c(C(=O)NCCC(=O)N2CCCCC2)c1. The minimum absolute atomic E-state index is 0.0282. The largest absolute Gasteiger partial charge is 0.351 e. The number of hydrogen-bond donors (Lipinski definition) is 1. The molecule has 0 spiro atoms. The molecule has 0 radical (unpaired) electrons. The molecule has 1 heterocycles. The van der Waals surface area contributed by atoms with Crippen molar-refractivity contribution in [3.8, 4) is 0 Å². The van der Waals surface area contributed by atoms with E-state index in [9.17, 15) is 14.0 Å². The summed E-state index contributed by atoms with van der Waals surface area (Å²) in [5.74, 6) is -0.956. The van der Waals surface area contributed by atoms with Crippen LogP contribution in [0, 0.1) is 12.7 Å². The molecule has 0 aromatic heterocycles. The molecule has 5 heteroatoms. The lowest BCUT2D eigenvalue weighted by molar-refractivity contribution is -0.131. The van der Waals surface area contributed by atoms with E-state index in [0.29, 0.717) is 0 Å². The average molecular weight is 292 g/mol. The predicted octanol–water partition coefficient (Wildman–Crippen LogP) is 2.27. The van der Waals surface area contributed by atoms with Gasteiger partial charge in [-0.1, -0.05) is 11.6 Å². The number of nitrogens with zero attached hydrogens (tertiary/aromatic N) is 1. The molecule has 0 bridgehead atoms. The Balaban J connectivity index is 1.81. The van der Waals surface area contributed by atoms with E-state index in [4.69, 9.17) is 0 Å². The van der Waals surface area contributed by atoms with Gasteiger partial charge >= 0.3 is 0 Å². The summed E-state index contributed by atoms with van der Waals surface area (Å²) in [5.41, 5.74) is 0.853. The van der Waals surface area contributed by atoms with Crippen molar-refractivity contribution in [2.24, 2.45) is 0 Å². The van der Waals surface area contributed by atoms with E-state index in [1.165, 1.54) is 18.6 Å². The molecule has 114 valence electrons. The van der Waals surface area contributed by atoms with Gasteiger partial charge in [0.15, 0.2) is 0 Å². The van der Waals surface area contributed by atoms with Crippen LogP contribution in [0.3, 0.4) is 0 Å². The van der Waals surface area contributed by atoms with Gasteiger partial charge in [-0.25, -0.2) is 4.39 Å². The number of likely N-dealkylation sites (tertiary alicyclic amines) is 1. The van der Waals surface area contributed by atoms with Crippen LogP contribution >= 0.6 is 0 Å². The number of carbonyl (C=O) groups is 2. The highest BCUT2D eigenvalue weighted by Gasteiger charge is 2.17. The van der Waals surface area contributed by atoms with Gasteiger partial charge < -0.3 is 10.2 Å². The Morgan fingerprint density at radius 2 is 1.95 bits per heavy atom. The molecule has 1 saturated heterocycles. The van der Waals surface area contributed by atoms with Crippen LogP contribution < -0.4 is 5.32 Å². The van der Waals surface area contributed by atoms with Gasteiger partial charge in [-0.2, -0.15) is 0 Å². The van der Waals surface area contributed by atoms with E-state index < -0.39 is 11.7 Å². The van der Waals surface area contributed by atoms with Crippen molar-refractivity contribution in [2.75, 3.05) is 19.6 Å². The zero-order valence-corrected chi connectivity index (χ0v) is 12.3. The van der Waals surface area contributed by atoms with Gasteiger partial charge in [0.1, 0.15) is 5.82 Å². The fraction of sp³-hybridized carbons (Fsp3) is 0.500. The first-order valence-electron chi connectivity index (χ1n) is 7.40. The molecular formula is C16H21FN2O2. The van der Waals surface area contributed by atoms with E-state index in [0.717, 1.165) is 31.5 Å². The Labute approximate surface area is 124 Å². The molecule has 1 aromatic rings. The molecule has 1 aliphatic heterocycles. The second kappa shape index (κ2) is 7.20. The number of benzene rings is 1. The van der Waals surface area contributed by atoms with Gasteiger partial charge in [-0.05, 0) is 38.3 Å². The zero-order valence-electron chi connectivity index (χ0n) is 12.3. The van der Waals surface area contributed by atoms with Crippen LogP contribution in [-0.2, 0) is 4.79 Å². The third-order valence-corrected chi connectivity index (χ3v) is 3.70. The third-order valence-electron chi connectivity index (χ3n) is 3.70. The van der Waals surface area contributed by atoms with Crippen molar-refractivity contribution >= 4 is 11.8 Å². The minimum Gasteiger partial charge on any atom is -0.351 e. The van der Waals surface area contributed by atoms with Crippen molar-refractivity contribution < 1.29 is 14.0 Å². The summed E-state index contributed by atoms with van der Waals surface area (Å²) < 4.78 is 13.6. The molecule has 4 nitrogen and oxygen atoms in total. The molecule has 1 aromatic carbocycles. The molecule has 1 N–H and O–H groups in total. The number of carbonyl (C=O) groups excluding carboxylic acids is 2. The summed E-state index contributed by atoms with van der Waals surface area (Å²) in [6.45, 7) is 3.65. The first-order chi connectivity index (χ1) is 10.1. The van der Waals surface area contributed by atoms with Crippen LogP contribution in [0.15, 0.2) is 18.2 Å². The number of halogens is 1. The molecule has 21 heavy (non-hydrogen) atoms. The van der Waals surface area contributed by atoms with Crippen LogP contribution in [0.5, 0.6) is 0 Å². The molecule has 0 unspecified atom stereocenters. The number of aryl methyl sites for hydroxylation is 1. The molecule has 0 saturated carbocycles. The Morgan fingerprint density at radius 1 is 1.24 bits per heavy atom. The standard InChI is InChI=1S/C16H21FN2O2/c1-12-5-6-14(17)13(11-12)16(21)18-8-7-15(20)19-9-3-2-4-10-19/h5-6,11H,2-4,7-10H2,1H3,(H,18,21). The molecule has 2 rings (SSSR count). The molecular weight excluding hydrogens is 271 g/mol. The fourth-order valence-electron chi connectivity index (χ4n) is 2.49. The molecule has 0 aliphatic carbocycles. The smallest absolute Gasteiger partial charge is 0.254 e. The predicted molar refractivity (Wildman–Crippen MR) is 78.5 cm³/mol. The van der Waals surface area contributed by atoms with Crippen molar-refractivity contribution in [3.63, 3.8) is 0 Å². The Bertz CT molecular complexity index is 525. The maximum atomic E-state index is 13.6. The maximum absolute atomic E-state index is 13.6. The number of rotatable bonds is 4. The quantitative estimate of drug-likeness (QED) is 0.925. The fourth-order valence-corrected chi connectivity index (χ4v) is 2.49. The first kappa shape index (κ1) is 15.5. The molecule has 0 atom stereocenters. The lowest BCUT2D eigenvalue weighted by Crippen LogP contribution is -2.37. The van der Waals surface area contributed by atoms with Crippen LogP contribution in [0.1, 0.15) is 41.6 Å². The average Bonchev–Trinajstić information content (AvgIpc) is 2.50. The third kappa shape index (κ3) is 4.28. The van der Waals surface area contributed by atoms with Crippen molar-refractivity contribution in [2.45, 2.75) is 32.6 Å². The Morgan fingerprint density at radius 3 is 2.67 bits per heavy atom. The summed E-state index contributed by atoms with van der Waals surface area (Å²) in [6.07, 6.45) is 3.53. The minimum atomic E-state index is -0.541. The molecule has 1 fully saturated rings. The highest BCUT2D eigenvalue weighted by Crippen LogP contribution is 2.11. The second-order valence-electron chi connectivity index (χ2n) is 5.43. The van der Waals surface area contributed by atoms with Crippen LogP contribution in [0.4, 0.5) is 4.39 Å². The summed E-state index contributed by atoms with van der Waals surface area (Å²) in [4.78, 5) is 25.7. The maximum Gasteiger partial charge on any atom is 0.254 e. The number of amides is 2. The Kier molecular flexibility index (Phi) is 5.31. The van der Waals surface area contributed by atoms with E-state index >= 15 is 0 Å². The van der Waals surface area contributed by atoms with E-state index in [-0.39, 0.29) is 24.4 Å². The zero-order chi connectivity index (χ0) is 15.2. The summed E-state index contributed by atoms with van der Waals surface area (Å²) in [7, 11) is 0. The highest BCUT2D eigenvalue weighted by molar-refractivity contribution is 5.94. The van der Waals surface area contributed by atoms with E-state index in [2.05, 4.69) is 5.32 Å². The van der Waals surface area contributed by atoms with Crippen LogP contribution in [-0.4, -0.2) is 36.3 Å². The summed E-state index contributed by atoms with van der Waals surface area (Å²) in [6, 6.07) is 4.41. The number of piperidine rings is 1. The second-order valence-corrected chi connectivity index (χ2v) is 5.43. The van der Waals surface area contributed by atoms with E-state index in [1.54, 1.807) is 13.0 Å². The van der Waals surface area contributed by atoms with Gasteiger partial charge in [0.2, 0.25) is 5.91 Å². The van der Waals surface area contributed by atoms with Gasteiger partial charge in [-0.3, -0.25) is 9.59 Å². The first-order valence-corrected chi connectivity index (χ1v) is 7.40. The topological polar surface area (TPSA) is 49.4 Å². The van der Waals surface area contributed by atoms with E-state index in [1.807, 2.05) is 4.90 Å². The van der Waals surface area contributed by atoms with Gasteiger partial charge in [-0.15, -0.1) is 0 Å². The lowest BCUT2D eigenvalue weighted by atomic mass is 10.1. The lowest BCUT2D eigenvalue weighted by Gasteiger charge is -2.26.